The molecule has 0 heterocycles. The van der Waals surface area contributed by atoms with Crippen LogP contribution in [0.3, 0.4) is 0 Å². The van der Waals surface area contributed by atoms with Crippen molar-refractivity contribution < 1.29 is 32.2 Å². The number of para-hydroxylation sites is 2. The third-order valence-corrected chi connectivity index (χ3v) is 4.00. The van der Waals surface area contributed by atoms with Gasteiger partial charge in [0, 0.05) is 20.6 Å². The first-order valence-corrected chi connectivity index (χ1v) is 9.33. The number of nitrogens with one attached hydrogen (secondary N) is 1. The molecule has 0 aliphatic rings. The quantitative estimate of drug-likeness (QED) is 0.642. The molecule has 164 valence electrons. The van der Waals surface area contributed by atoms with Crippen LogP contribution < -0.4 is 19.5 Å². The van der Waals surface area contributed by atoms with E-state index in [0.29, 0.717) is 18.1 Å². The average molecular weight is 426 g/mol. The lowest BCUT2D eigenvalue weighted by molar-refractivity contribution is -0.274. The van der Waals surface area contributed by atoms with Crippen LogP contribution in [0.1, 0.15) is 19.4 Å². The van der Waals surface area contributed by atoms with Gasteiger partial charge in [-0.2, -0.15) is 0 Å². The van der Waals surface area contributed by atoms with Gasteiger partial charge in [-0.3, -0.25) is 4.79 Å². The number of hydrogen-bond donors (Lipinski definition) is 1. The van der Waals surface area contributed by atoms with E-state index >= 15 is 0 Å². The first kappa shape index (κ1) is 23.2. The molecule has 0 spiro atoms. The number of carbonyl (C=O) groups is 1. The Morgan fingerprint density at radius 1 is 1.10 bits per heavy atom. The highest BCUT2D eigenvalue weighted by Crippen LogP contribution is 2.32. The van der Waals surface area contributed by atoms with E-state index in [1.54, 1.807) is 45.3 Å². The summed E-state index contributed by atoms with van der Waals surface area (Å²) in [5.41, 5.74) is 0.956. The van der Waals surface area contributed by atoms with E-state index in [1.807, 2.05) is 6.92 Å². The molecular formula is C21H25F3N2O4. The zero-order chi connectivity index (χ0) is 22.3. The maximum absolute atomic E-state index is 12.6. The summed E-state index contributed by atoms with van der Waals surface area (Å²) in [7, 11) is 3.28. The molecule has 1 atom stereocenters. The van der Waals surface area contributed by atoms with Crippen LogP contribution in [0.4, 0.5) is 18.9 Å². The number of ether oxygens (including phenoxy) is 3. The van der Waals surface area contributed by atoms with Crippen LogP contribution >= 0.6 is 0 Å². The molecule has 0 saturated carbocycles. The second-order valence-electron chi connectivity index (χ2n) is 6.60. The van der Waals surface area contributed by atoms with Crippen molar-refractivity contribution in [1.82, 2.24) is 4.90 Å². The Hall–Kier alpha value is -3.10. The summed E-state index contributed by atoms with van der Waals surface area (Å²) in [5, 5.41) is 2.93. The number of likely N-dealkylation sites (N-methyl/N-ethyl adjacent to an activating group) is 1. The van der Waals surface area contributed by atoms with Gasteiger partial charge in [0.15, 0.2) is 23.4 Å². The Labute approximate surface area is 173 Å². The van der Waals surface area contributed by atoms with Crippen molar-refractivity contribution in [2.24, 2.45) is 0 Å². The first-order valence-electron chi connectivity index (χ1n) is 9.33. The van der Waals surface area contributed by atoms with Gasteiger partial charge in [0.05, 0.1) is 12.3 Å². The van der Waals surface area contributed by atoms with E-state index in [4.69, 9.17) is 9.47 Å². The lowest BCUT2D eigenvalue weighted by Gasteiger charge is -2.20. The number of benzene rings is 2. The molecular weight excluding hydrogens is 401 g/mol. The van der Waals surface area contributed by atoms with Crippen molar-refractivity contribution in [2.75, 3.05) is 26.0 Å². The van der Waals surface area contributed by atoms with Gasteiger partial charge in [0.25, 0.3) is 5.91 Å². The molecule has 0 aliphatic carbocycles. The van der Waals surface area contributed by atoms with Gasteiger partial charge in [-0.1, -0.05) is 18.2 Å². The topological polar surface area (TPSA) is 60.0 Å². The second-order valence-corrected chi connectivity index (χ2v) is 6.60. The number of nitrogens with zero attached hydrogens (tertiary/aromatic N) is 1. The molecule has 0 radical (unpaired) electrons. The second kappa shape index (κ2) is 10.1. The summed E-state index contributed by atoms with van der Waals surface area (Å²) >= 11 is 0. The largest absolute Gasteiger partial charge is 0.573 e. The minimum Gasteiger partial charge on any atom is -0.490 e. The van der Waals surface area contributed by atoms with Crippen LogP contribution in [0, 0.1) is 0 Å². The zero-order valence-corrected chi connectivity index (χ0v) is 17.2. The Morgan fingerprint density at radius 2 is 1.80 bits per heavy atom. The number of rotatable bonds is 9. The summed E-state index contributed by atoms with van der Waals surface area (Å²) in [6.07, 6.45) is -5.48. The van der Waals surface area contributed by atoms with E-state index in [-0.39, 0.29) is 23.9 Å². The average Bonchev–Trinajstić information content (AvgIpc) is 2.67. The number of hydrogen-bond acceptors (Lipinski definition) is 5. The normalized spacial score (nSPS) is 12.1. The number of halogens is 3. The van der Waals surface area contributed by atoms with Crippen LogP contribution in [-0.2, 0) is 11.3 Å². The number of anilines is 1. The molecule has 0 aliphatic heterocycles. The predicted octanol–water partition coefficient (Wildman–Crippen LogP) is 4.45. The minimum absolute atomic E-state index is 0.190. The van der Waals surface area contributed by atoms with Gasteiger partial charge in [-0.15, -0.1) is 13.2 Å². The Bertz CT molecular complexity index is 856. The fourth-order valence-electron chi connectivity index (χ4n) is 2.66. The molecule has 9 heteroatoms. The Balaban J connectivity index is 2.15. The molecule has 0 saturated heterocycles. The van der Waals surface area contributed by atoms with E-state index < -0.39 is 12.5 Å². The number of alkyl halides is 3. The zero-order valence-electron chi connectivity index (χ0n) is 17.2. The highest BCUT2D eigenvalue weighted by molar-refractivity contribution is 5.80. The maximum atomic E-state index is 12.6. The third kappa shape index (κ3) is 6.75. The number of amides is 1. The van der Waals surface area contributed by atoms with Crippen molar-refractivity contribution in [3.63, 3.8) is 0 Å². The molecule has 1 N–H and O–H groups in total. The van der Waals surface area contributed by atoms with Gasteiger partial charge >= 0.3 is 6.36 Å². The van der Waals surface area contributed by atoms with Gasteiger partial charge in [-0.25, -0.2) is 0 Å². The highest BCUT2D eigenvalue weighted by atomic mass is 19.4. The van der Waals surface area contributed by atoms with Crippen molar-refractivity contribution >= 4 is 11.6 Å². The van der Waals surface area contributed by atoms with Gasteiger partial charge < -0.3 is 24.4 Å². The third-order valence-electron chi connectivity index (χ3n) is 4.00. The van der Waals surface area contributed by atoms with Crippen LogP contribution in [0.5, 0.6) is 17.2 Å². The monoisotopic (exact) mass is 426 g/mol. The Kier molecular flexibility index (Phi) is 7.79. The first-order chi connectivity index (χ1) is 14.1. The lowest BCUT2D eigenvalue weighted by Crippen LogP contribution is -2.35. The van der Waals surface area contributed by atoms with Crippen LogP contribution in [-0.4, -0.2) is 44.0 Å². The van der Waals surface area contributed by atoms with Crippen molar-refractivity contribution in [1.29, 1.82) is 0 Å². The van der Waals surface area contributed by atoms with Crippen LogP contribution in [0.25, 0.3) is 0 Å². The standard InChI is InChI=1S/C21H25F3N2O4/c1-5-28-19-12-15(10-11-18(19)29-14(2)20(27)26(3)4)13-25-16-8-6-7-9-17(16)30-21(22,23)24/h6-12,14,25H,5,13H2,1-4H3/t14-/m0/s1. The van der Waals surface area contributed by atoms with Crippen LogP contribution in [0.2, 0.25) is 0 Å². The van der Waals surface area contributed by atoms with E-state index in [1.165, 1.54) is 23.1 Å². The molecule has 6 nitrogen and oxygen atoms in total. The van der Waals surface area contributed by atoms with Crippen molar-refractivity contribution in [2.45, 2.75) is 32.9 Å². The smallest absolute Gasteiger partial charge is 0.490 e. The van der Waals surface area contributed by atoms with Gasteiger partial charge in [0.2, 0.25) is 0 Å². The summed E-state index contributed by atoms with van der Waals surface area (Å²) in [5.74, 6) is 0.342. The molecule has 0 unspecified atom stereocenters. The SMILES string of the molecule is CCOc1cc(CNc2ccccc2OC(F)(F)F)ccc1O[C@@H](C)C(=O)N(C)C. The van der Waals surface area contributed by atoms with E-state index in [9.17, 15) is 18.0 Å². The summed E-state index contributed by atoms with van der Waals surface area (Å²) < 4.78 is 53.1. The van der Waals surface area contributed by atoms with Crippen molar-refractivity contribution in [3.05, 3.63) is 48.0 Å². The molecule has 0 aromatic heterocycles. The Morgan fingerprint density at radius 3 is 2.43 bits per heavy atom. The summed E-state index contributed by atoms with van der Waals surface area (Å²) in [6.45, 7) is 4.06. The van der Waals surface area contributed by atoms with E-state index in [0.717, 1.165) is 5.56 Å². The molecule has 1 amide bonds. The van der Waals surface area contributed by atoms with E-state index in [2.05, 4.69) is 10.1 Å². The molecule has 2 rings (SSSR count). The van der Waals surface area contributed by atoms with Crippen LogP contribution in [0.15, 0.2) is 42.5 Å². The predicted molar refractivity (Wildman–Crippen MR) is 107 cm³/mol. The summed E-state index contributed by atoms with van der Waals surface area (Å²) in [6, 6.07) is 10.9. The summed E-state index contributed by atoms with van der Waals surface area (Å²) in [4.78, 5) is 13.5. The molecule has 2 aromatic carbocycles. The molecule has 0 fully saturated rings. The molecule has 30 heavy (non-hydrogen) atoms. The van der Waals surface area contributed by atoms with Gasteiger partial charge in [-0.05, 0) is 43.7 Å². The van der Waals surface area contributed by atoms with Gasteiger partial charge in [0.1, 0.15) is 0 Å². The number of carbonyl (C=O) groups excluding carboxylic acids is 1. The lowest BCUT2D eigenvalue weighted by atomic mass is 10.2. The fourth-order valence-corrected chi connectivity index (χ4v) is 2.66. The highest BCUT2D eigenvalue weighted by Gasteiger charge is 2.32. The molecule has 2 aromatic rings. The maximum Gasteiger partial charge on any atom is 0.573 e. The minimum atomic E-state index is -4.78. The van der Waals surface area contributed by atoms with Crippen molar-refractivity contribution in [3.8, 4) is 17.2 Å². The molecule has 0 bridgehead atoms. The fraction of sp³-hybridized carbons (Fsp3) is 0.381.